The zero-order valence-corrected chi connectivity index (χ0v) is 15.8. The van der Waals surface area contributed by atoms with Crippen molar-refractivity contribution < 1.29 is 9.53 Å². The van der Waals surface area contributed by atoms with E-state index in [2.05, 4.69) is 25.4 Å². The summed E-state index contributed by atoms with van der Waals surface area (Å²) in [6.45, 7) is 4.88. The van der Waals surface area contributed by atoms with Crippen LogP contribution in [0.3, 0.4) is 0 Å². The molecular formula is C21H28N4O2. The van der Waals surface area contributed by atoms with E-state index in [1.807, 2.05) is 36.9 Å². The lowest BCUT2D eigenvalue weighted by atomic mass is 9.97. The van der Waals surface area contributed by atoms with Crippen LogP contribution in [-0.4, -0.2) is 59.2 Å². The Morgan fingerprint density at radius 1 is 1.15 bits per heavy atom. The molecule has 0 saturated carbocycles. The number of carbonyl (C=O) groups is 1. The standard InChI is InChI=1S/C21H28N4O2/c26-21(19-6-1-2-7-20(19)24-13-15-27-16-14-24)25-10-4-3-5-18(25)8-11-23-12-9-22-17-23/h1-2,6-7,9,12,17-18H,3-5,8,10-11,13-16H2/t18-/m0/s1. The Labute approximate surface area is 160 Å². The number of hydrogen-bond acceptors (Lipinski definition) is 4. The van der Waals surface area contributed by atoms with Gasteiger partial charge in [0.2, 0.25) is 0 Å². The molecule has 0 bridgehead atoms. The zero-order chi connectivity index (χ0) is 18.5. The van der Waals surface area contributed by atoms with Gasteiger partial charge < -0.3 is 19.1 Å². The van der Waals surface area contributed by atoms with Gasteiger partial charge in [0, 0.05) is 50.3 Å². The van der Waals surface area contributed by atoms with Crippen molar-refractivity contribution in [3.8, 4) is 0 Å². The summed E-state index contributed by atoms with van der Waals surface area (Å²) in [5, 5.41) is 0. The lowest BCUT2D eigenvalue weighted by Crippen LogP contribution is -2.45. The summed E-state index contributed by atoms with van der Waals surface area (Å²) in [6, 6.07) is 8.35. The summed E-state index contributed by atoms with van der Waals surface area (Å²) < 4.78 is 7.57. The van der Waals surface area contributed by atoms with Crippen molar-refractivity contribution in [3.05, 3.63) is 48.5 Å². The number of rotatable bonds is 5. The van der Waals surface area contributed by atoms with Gasteiger partial charge in [0.15, 0.2) is 0 Å². The summed E-state index contributed by atoms with van der Waals surface area (Å²) in [5.74, 6) is 0.174. The monoisotopic (exact) mass is 368 g/mol. The van der Waals surface area contributed by atoms with E-state index in [0.29, 0.717) is 6.04 Å². The zero-order valence-electron chi connectivity index (χ0n) is 15.8. The van der Waals surface area contributed by atoms with Crippen molar-refractivity contribution in [1.82, 2.24) is 14.5 Å². The third-order valence-corrected chi connectivity index (χ3v) is 5.65. The Bertz CT molecular complexity index is 740. The van der Waals surface area contributed by atoms with E-state index >= 15 is 0 Å². The van der Waals surface area contributed by atoms with E-state index in [1.54, 1.807) is 0 Å². The number of morpholine rings is 1. The first-order chi connectivity index (χ1) is 13.3. The van der Waals surface area contributed by atoms with E-state index in [0.717, 1.165) is 69.9 Å². The van der Waals surface area contributed by atoms with Gasteiger partial charge in [-0.25, -0.2) is 4.98 Å². The van der Waals surface area contributed by atoms with Crippen LogP contribution in [0, 0.1) is 0 Å². The quantitative estimate of drug-likeness (QED) is 0.814. The fourth-order valence-corrected chi connectivity index (χ4v) is 4.17. The van der Waals surface area contributed by atoms with E-state index in [4.69, 9.17) is 4.74 Å². The number of aryl methyl sites for hydroxylation is 1. The summed E-state index contributed by atoms with van der Waals surface area (Å²) in [7, 11) is 0. The number of amides is 1. The smallest absolute Gasteiger partial charge is 0.256 e. The Balaban J connectivity index is 1.51. The SMILES string of the molecule is O=C(c1ccccc1N1CCOCC1)N1CCCC[C@H]1CCn1ccnc1. The van der Waals surface area contributed by atoms with Crippen LogP contribution in [0.4, 0.5) is 5.69 Å². The fraction of sp³-hybridized carbons (Fsp3) is 0.524. The van der Waals surface area contributed by atoms with Crippen LogP contribution in [0.5, 0.6) is 0 Å². The normalized spacial score (nSPS) is 20.7. The summed E-state index contributed by atoms with van der Waals surface area (Å²) in [4.78, 5) is 22.0. The molecular weight excluding hydrogens is 340 g/mol. The third-order valence-electron chi connectivity index (χ3n) is 5.65. The molecule has 144 valence electrons. The number of aromatic nitrogens is 2. The molecule has 4 rings (SSSR count). The van der Waals surface area contributed by atoms with Gasteiger partial charge in [-0.3, -0.25) is 4.79 Å². The highest BCUT2D eigenvalue weighted by atomic mass is 16.5. The lowest BCUT2D eigenvalue weighted by Gasteiger charge is -2.37. The molecule has 1 atom stereocenters. The molecule has 27 heavy (non-hydrogen) atoms. The Kier molecular flexibility index (Phi) is 5.72. The van der Waals surface area contributed by atoms with Crippen molar-refractivity contribution in [3.63, 3.8) is 0 Å². The first-order valence-corrected chi connectivity index (χ1v) is 10.0. The van der Waals surface area contributed by atoms with E-state index < -0.39 is 0 Å². The second-order valence-electron chi connectivity index (χ2n) is 7.35. The van der Waals surface area contributed by atoms with Crippen LogP contribution in [0.15, 0.2) is 43.0 Å². The minimum Gasteiger partial charge on any atom is -0.378 e. The molecule has 1 amide bonds. The number of para-hydroxylation sites is 1. The molecule has 6 heteroatoms. The van der Waals surface area contributed by atoms with Crippen LogP contribution in [0.25, 0.3) is 0 Å². The first kappa shape index (κ1) is 18.0. The topological polar surface area (TPSA) is 50.6 Å². The molecule has 2 aliphatic heterocycles. The lowest BCUT2D eigenvalue weighted by molar-refractivity contribution is 0.0595. The van der Waals surface area contributed by atoms with Gasteiger partial charge in [0.1, 0.15) is 0 Å². The number of nitrogens with zero attached hydrogens (tertiary/aromatic N) is 4. The van der Waals surface area contributed by atoms with Gasteiger partial charge in [0.25, 0.3) is 5.91 Å². The minimum absolute atomic E-state index is 0.174. The molecule has 0 unspecified atom stereocenters. The molecule has 2 fully saturated rings. The molecule has 6 nitrogen and oxygen atoms in total. The van der Waals surface area contributed by atoms with Gasteiger partial charge in [-0.2, -0.15) is 0 Å². The summed E-state index contributed by atoms with van der Waals surface area (Å²) in [6.07, 6.45) is 9.99. The number of ether oxygens (including phenoxy) is 1. The third kappa shape index (κ3) is 4.16. The minimum atomic E-state index is 0.174. The molecule has 2 aromatic rings. The van der Waals surface area contributed by atoms with Crippen molar-refractivity contribution in [2.24, 2.45) is 0 Å². The maximum absolute atomic E-state index is 13.5. The first-order valence-electron chi connectivity index (χ1n) is 10.0. The highest BCUT2D eigenvalue weighted by Gasteiger charge is 2.29. The molecule has 2 aliphatic rings. The van der Waals surface area contributed by atoms with Crippen molar-refractivity contribution in [1.29, 1.82) is 0 Å². The maximum Gasteiger partial charge on any atom is 0.256 e. The largest absolute Gasteiger partial charge is 0.378 e. The van der Waals surface area contributed by atoms with Crippen LogP contribution < -0.4 is 4.90 Å². The van der Waals surface area contributed by atoms with Crippen LogP contribution in [0.1, 0.15) is 36.0 Å². The van der Waals surface area contributed by atoms with Crippen molar-refractivity contribution >= 4 is 11.6 Å². The highest BCUT2D eigenvalue weighted by molar-refractivity contribution is 6.00. The molecule has 3 heterocycles. The number of hydrogen-bond donors (Lipinski definition) is 0. The van der Waals surface area contributed by atoms with Crippen LogP contribution >= 0.6 is 0 Å². The van der Waals surface area contributed by atoms with Crippen LogP contribution in [-0.2, 0) is 11.3 Å². The number of likely N-dealkylation sites (tertiary alicyclic amines) is 1. The van der Waals surface area contributed by atoms with Crippen molar-refractivity contribution in [2.45, 2.75) is 38.3 Å². The molecule has 0 radical (unpaired) electrons. The maximum atomic E-state index is 13.5. The van der Waals surface area contributed by atoms with E-state index in [9.17, 15) is 4.79 Å². The Morgan fingerprint density at radius 3 is 2.81 bits per heavy atom. The van der Waals surface area contributed by atoms with E-state index in [-0.39, 0.29) is 5.91 Å². The number of imidazole rings is 1. The van der Waals surface area contributed by atoms with Gasteiger partial charge >= 0.3 is 0 Å². The van der Waals surface area contributed by atoms with Gasteiger partial charge in [0.05, 0.1) is 25.1 Å². The summed E-state index contributed by atoms with van der Waals surface area (Å²) >= 11 is 0. The number of piperidine rings is 1. The number of benzene rings is 1. The Morgan fingerprint density at radius 2 is 2.00 bits per heavy atom. The molecule has 1 aromatic heterocycles. The second kappa shape index (κ2) is 8.57. The number of carbonyl (C=O) groups excluding carboxylic acids is 1. The van der Waals surface area contributed by atoms with E-state index in [1.165, 1.54) is 6.42 Å². The average Bonchev–Trinajstić information content (AvgIpc) is 3.26. The van der Waals surface area contributed by atoms with Crippen molar-refractivity contribution in [2.75, 3.05) is 37.7 Å². The Hall–Kier alpha value is -2.34. The summed E-state index contributed by atoms with van der Waals surface area (Å²) in [5.41, 5.74) is 1.87. The molecule has 0 N–H and O–H groups in total. The number of anilines is 1. The van der Waals surface area contributed by atoms with Gasteiger partial charge in [-0.1, -0.05) is 12.1 Å². The average molecular weight is 368 g/mol. The molecule has 0 aliphatic carbocycles. The molecule has 2 saturated heterocycles. The highest BCUT2D eigenvalue weighted by Crippen LogP contribution is 2.27. The predicted molar refractivity (Wildman–Crippen MR) is 105 cm³/mol. The second-order valence-corrected chi connectivity index (χ2v) is 7.35. The van der Waals surface area contributed by atoms with Gasteiger partial charge in [-0.15, -0.1) is 0 Å². The predicted octanol–water partition coefficient (Wildman–Crippen LogP) is 2.80. The fourth-order valence-electron chi connectivity index (χ4n) is 4.17. The molecule has 0 spiro atoms. The van der Waals surface area contributed by atoms with Gasteiger partial charge in [-0.05, 0) is 37.8 Å². The molecule has 1 aromatic carbocycles. The van der Waals surface area contributed by atoms with Crippen LogP contribution in [0.2, 0.25) is 0 Å².